The van der Waals surface area contributed by atoms with Crippen molar-refractivity contribution in [2.75, 3.05) is 5.32 Å². The molecule has 1 aromatic carbocycles. The maximum atomic E-state index is 12.9. The van der Waals surface area contributed by atoms with Gasteiger partial charge in [0.2, 0.25) is 5.56 Å². The smallest absolute Gasteiger partial charge is 0.373 e. The third-order valence-corrected chi connectivity index (χ3v) is 2.91. The van der Waals surface area contributed by atoms with Gasteiger partial charge in [-0.2, -0.15) is 13.2 Å². The number of anilines is 1. The van der Waals surface area contributed by atoms with Crippen molar-refractivity contribution in [3.05, 3.63) is 40.2 Å². The Morgan fingerprint density at radius 1 is 1.19 bits per heavy atom. The molecule has 2 N–H and O–H groups in total. The topological polar surface area (TPSA) is 62.0 Å². The zero-order chi connectivity index (χ0) is 15.8. The van der Waals surface area contributed by atoms with Gasteiger partial charge in [0, 0.05) is 17.1 Å². The average molecular weight is 298 g/mol. The molecule has 0 aliphatic heterocycles. The van der Waals surface area contributed by atoms with E-state index in [1.165, 1.54) is 18.2 Å². The molecular formula is C14H13F3N2O2. The molecule has 112 valence electrons. The van der Waals surface area contributed by atoms with E-state index in [0.29, 0.717) is 18.0 Å². The minimum Gasteiger partial charge on any atom is -0.373 e. The van der Waals surface area contributed by atoms with Crippen LogP contribution in [0.5, 0.6) is 0 Å². The zero-order valence-corrected chi connectivity index (χ0v) is 11.3. The summed E-state index contributed by atoms with van der Waals surface area (Å²) in [5.41, 5.74) is -2.18. The fraction of sp³-hybridized carbons (Fsp3) is 0.286. The second-order valence-electron chi connectivity index (χ2n) is 5.27. The van der Waals surface area contributed by atoms with Crippen molar-refractivity contribution in [2.45, 2.75) is 25.6 Å². The van der Waals surface area contributed by atoms with Gasteiger partial charge in [-0.25, -0.2) is 0 Å². The Morgan fingerprint density at radius 2 is 1.86 bits per heavy atom. The molecule has 1 aromatic heterocycles. The van der Waals surface area contributed by atoms with Crippen LogP contribution in [0.1, 0.15) is 19.4 Å². The van der Waals surface area contributed by atoms with Crippen molar-refractivity contribution in [2.24, 2.45) is 0 Å². The summed E-state index contributed by atoms with van der Waals surface area (Å²) in [6, 6.07) is 4.60. The molecule has 0 saturated heterocycles. The standard InChI is InChI=1S/C14H13F3N2O2/c1-13(2,7-20)19-8-3-4-9-10(14(15,16)17)6-12(21)18-11(9)5-8/h3-7,19H,1-2H3,(H,18,21). The number of nitrogens with one attached hydrogen (secondary N) is 2. The van der Waals surface area contributed by atoms with Crippen LogP contribution in [0.15, 0.2) is 29.1 Å². The van der Waals surface area contributed by atoms with Crippen LogP contribution in [0.3, 0.4) is 0 Å². The maximum Gasteiger partial charge on any atom is 0.417 e. The second-order valence-corrected chi connectivity index (χ2v) is 5.27. The van der Waals surface area contributed by atoms with Gasteiger partial charge in [-0.05, 0) is 26.0 Å². The fourth-order valence-corrected chi connectivity index (χ4v) is 1.97. The first-order valence-electron chi connectivity index (χ1n) is 6.11. The minimum atomic E-state index is -4.61. The minimum absolute atomic E-state index is 0.0570. The van der Waals surface area contributed by atoms with Gasteiger partial charge in [0.15, 0.2) is 0 Å². The van der Waals surface area contributed by atoms with Crippen molar-refractivity contribution in [1.82, 2.24) is 4.98 Å². The summed E-state index contributed by atoms with van der Waals surface area (Å²) < 4.78 is 38.7. The number of rotatable bonds is 3. The molecule has 7 heteroatoms. The lowest BCUT2D eigenvalue weighted by atomic mass is 10.1. The van der Waals surface area contributed by atoms with E-state index in [1.807, 2.05) is 0 Å². The Bertz CT molecular complexity index is 748. The van der Waals surface area contributed by atoms with E-state index in [0.717, 1.165) is 0 Å². The highest BCUT2D eigenvalue weighted by Crippen LogP contribution is 2.34. The van der Waals surface area contributed by atoms with Crippen LogP contribution in [0.4, 0.5) is 18.9 Å². The first-order chi connectivity index (χ1) is 9.62. The summed E-state index contributed by atoms with van der Waals surface area (Å²) in [6.45, 7) is 3.25. The van der Waals surface area contributed by atoms with E-state index >= 15 is 0 Å². The number of hydrogen-bond donors (Lipinski definition) is 2. The molecule has 0 bridgehead atoms. The van der Waals surface area contributed by atoms with Gasteiger partial charge in [-0.1, -0.05) is 6.07 Å². The molecule has 0 aliphatic carbocycles. The third kappa shape index (κ3) is 3.24. The molecule has 2 aromatic rings. The van der Waals surface area contributed by atoms with Crippen LogP contribution in [-0.4, -0.2) is 16.8 Å². The molecule has 0 spiro atoms. The van der Waals surface area contributed by atoms with E-state index < -0.39 is 22.8 Å². The van der Waals surface area contributed by atoms with Gasteiger partial charge in [-0.15, -0.1) is 0 Å². The Labute approximate surface area is 118 Å². The molecule has 0 amide bonds. The number of pyridine rings is 1. The number of aldehydes is 1. The highest BCUT2D eigenvalue weighted by atomic mass is 19.4. The first-order valence-corrected chi connectivity index (χ1v) is 6.11. The average Bonchev–Trinajstić information content (AvgIpc) is 2.35. The SMILES string of the molecule is CC(C)(C=O)Nc1ccc2c(C(F)(F)F)cc(=O)[nH]c2c1. The number of benzene rings is 1. The number of halogens is 3. The predicted octanol–water partition coefficient (Wildman–Crippen LogP) is 2.94. The molecule has 0 atom stereocenters. The lowest BCUT2D eigenvalue weighted by Crippen LogP contribution is -2.32. The molecule has 0 unspecified atom stereocenters. The van der Waals surface area contributed by atoms with Crippen molar-refractivity contribution < 1.29 is 18.0 Å². The number of fused-ring (bicyclic) bond motifs is 1. The fourth-order valence-electron chi connectivity index (χ4n) is 1.97. The zero-order valence-electron chi connectivity index (χ0n) is 11.3. The largest absolute Gasteiger partial charge is 0.417 e. The molecule has 4 nitrogen and oxygen atoms in total. The third-order valence-electron chi connectivity index (χ3n) is 2.91. The summed E-state index contributed by atoms with van der Waals surface area (Å²) in [4.78, 5) is 24.6. The molecule has 0 saturated carbocycles. The Balaban J connectivity index is 2.60. The number of hydrogen-bond acceptors (Lipinski definition) is 3. The van der Waals surface area contributed by atoms with Crippen LogP contribution in [0.2, 0.25) is 0 Å². The van der Waals surface area contributed by atoms with Crippen LogP contribution in [0.25, 0.3) is 10.9 Å². The number of carbonyl (C=O) groups is 1. The van der Waals surface area contributed by atoms with Crippen molar-refractivity contribution >= 4 is 22.9 Å². The number of alkyl halides is 3. The maximum absolute atomic E-state index is 12.9. The summed E-state index contributed by atoms with van der Waals surface area (Å²) in [5.74, 6) is 0. The predicted molar refractivity (Wildman–Crippen MR) is 73.3 cm³/mol. The summed E-state index contributed by atoms with van der Waals surface area (Å²) in [6.07, 6.45) is -3.92. The summed E-state index contributed by atoms with van der Waals surface area (Å²) >= 11 is 0. The molecule has 0 fully saturated rings. The first kappa shape index (κ1) is 15.1. The van der Waals surface area contributed by atoms with Gasteiger partial charge >= 0.3 is 6.18 Å². The van der Waals surface area contributed by atoms with E-state index in [1.54, 1.807) is 13.8 Å². The quantitative estimate of drug-likeness (QED) is 0.856. The monoisotopic (exact) mass is 298 g/mol. The molecule has 21 heavy (non-hydrogen) atoms. The van der Waals surface area contributed by atoms with Crippen LogP contribution in [-0.2, 0) is 11.0 Å². The Morgan fingerprint density at radius 3 is 2.43 bits per heavy atom. The van der Waals surface area contributed by atoms with Gasteiger partial charge in [0.25, 0.3) is 0 Å². The van der Waals surface area contributed by atoms with Crippen LogP contribution >= 0.6 is 0 Å². The number of aromatic amines is 1. The van der Waals surface area contributed by atoms with E-state index in [2.05, 4.69) is 10.3 Å². The Hall–Kier alpha value is -2.31. The lowest BCUT2D eigenvalue weighted by Gasteiger charge is -2.21. The van der Waals surface area contributed by atoms with Gasteiger partial charge in [0.05, 0.1) is 16.6 Å². The number of H-pyrrole nitrogens is 1. The van der Waals surface area contributed by atoms with Crippen LogP contribution < -0.4 is 10.9 Å². The Kier molecular flexibility index (Phi) is 3.52. The molecule has 2 rings (SSSR count). The molecular weight excluding hydrogens is 285 g/mol. The van der Waals surface area contributed by atoms with Crippen molar-refractivity contribution in [1.29, 1.82) is 0 Å². The number of aromatic nitrogens is 1. The molecule has 0 aliphatic rings. The van der Waals surface area contributed by atoms with Crippen LogP contribution in [0, 0.1) is 0 Å². The second kappa shape index (κ2) is 4.91. The van der Waals surface area contributed by atoms with E-state index in [-0.39, 0.29) is 10.9 Å². The summed E-state index contributed by atoms with van der Waals surface area (Å²) in [5, 5.41) is 2.77. The molecule has 1 heterocycles. The van der Waals surface area contributed by atoms with Crippen molar-refractivity contribution in [3.63, 3.8) is 0 Å². The van der Waals surface area contributed by atoms with Gasteiger partial charge < -0.3 is 15.1 Å². The van der Waals surface area contributed by atoms with Gasteiger partial charge in [-0.3, -0.25) is 4.79 Å². The molecule has 0 radical (unpaired) electrons. The normalized spacial score (nSPS) is 12.4. The highest BCUT2D eigenvalue weighted by molar-refractivity contribution is 5.86. The highest BCUT2D eigenvalue weighted by Gasteiger charge is 2.33. The van der Waals surface area contributed by atoms with Crippen molar-refractivity contribution in [3.8, 4) is 0 Å². The van der Waals surface area contributed by atoms with E-state index in [4.69, 9.17) is 0 Å². The summed E-state index contributed by atoms with van der Waals surface area (Å²) in [7, 11) is 0. The lowest BCUT2D eigenvalue weighted by molar-refractivity contribution is -0.136. The van der Waals surface area contributed by atoms with E-state index in [9.17, 15) is 22.8 Å². The van der Waals surface area contributed by atoms with Gasteiger partial charge in [0.1, 0.15) is 6.29 Å². The number of carbonyl (C=O) groups excluding carboxylic acids is 1.